The summed E-state index contributed by atoms with van der Waals surface area (Å²) in [7, 11) is 0. The number of hydrogen-bond donors (Lipinski definition) is 0. The summed E-state index contributed by atoms with van der Waals surface area (Å²) in [5, 5.41) is 2.18. The topological polar surface area (TPSA) is 65.3 Å². The fourth-order valence-corrected chi connectivity index (χ4v) is 5.56. The first-order chi connectivity index (χ1) is 19.3. The lowest BCUT2D eigenvalue weighted by molar-refractivity contribution is 0.669. The molecule has 0 unspecified atom stereocenters. The molecule has 0 amide bonds. The van der Waals surface area contributed by atoms with Crippen LogP contribution in [-0.4, -0.2) is 18.9 Å². The van der Waals surface area contributed by atoms with E-state index in [0.29, 0.717) is 11.6 Å². The highest BCUT2D eigenvalue weighted by Crippen LogP contribution is 2.37. The van der Waals surface area contributed by atoms with Crippen molar-refractivity contribution in [2.24, 2.45) is 0 Å². The van der Waals surface area contributed by atoms with Crippen molar-refractivity contribution in [3.8, 4) is 28.2 Å². The minimum Gasteiger partial charge on any atom is -0.456 e. The summed E-state index contributed by atoms with van der Waals surface area (Å²) in [6.45, 7) is 0. The van der Waals surface area contributed by atoms with Crippen LogP contribution in [0, 0.1) is 0 Å². The predicted octanol–water partition coefficient (Wildman–Crippen LogP) is 7.27. The number of aromatic nitrogens is 4. The van der Waals surface area contributed by atoms with Crippen LogP contribution in [0.1, 0.15) is 0 Å². The van der Waals surface area contributed by atoms with Crippen molar-refractivity contribution in [2.45, 2.75) is 0 Å². The highest BCUT2D eigenvalue weighted by Gasteiger charge is 2.19. The van der Waals surface area contributed by atoms with Crippen LogP contribution in [0.5, 0.6) is 0 Å². The van der Waals surface area contributed by atoms with E-state index in [2.05, 4.69) is 34.2 Å². The van der Waals surface area contributed by atoms with Crippen molar-refractivity contribution >= 4 is 38.7 Å². The first-order valence-electron chi connectivity index (χ1n) is 12.7. The molecule has 0 bridgehead atoms. The van der Waals surface area contributed by atoms with Gasteiger partial charge in [0.05, 0.1) is 11.0 Å². The molecule has 0 saturated carbocycles. The van der Waals surface area contributed by atoms with Crippen LogP contribution >= 0.6 is 0 Å². The van der Waals surface area contributed by atoms with Crippen molar-refractivity contribution < 1.29 is 4.42 Å². The number of rotatable bonds is 3. The van der Waals surface area contributed by atoms with E-state index in [4.69, 9.17) is 4.42 Å². The van der Waals surface area contributed by atoms with E-state index in [1.54, 1.807) is 0 Å². The van der Waals surface area contributed by atoms with Gasteiger partial charge in [-0.15, -0.1) is 0 Å². The fraction of sp³-hybridized carbons (Fsp3) is 0. The van der Waals surface area contributed by atoms with Gasteiger partial charge in [0.1, 0.15) is 11.2 Å². The number of benzene rings is 5. The average molecular weight is 505 g/mol. The molecule has 8 rings (SSSR count). The normalized spacial score (nSPS) is 11.7. The van der Waals surface area contributed by atoms with Gasteiger partial charge in [-0.3, -0.25) is 8.97 Å². The summed E-state index contributed by atoms with van der Waals surface area (Å²) in [5.74, 6) is 1.07. The van der Waals surface area contributed by atoms with Crippen molar-refractivity contribution in [3.05, 3.63) is 132 Å². The maximum atomic E-state index is 12.8. The summed E-state index contributed by atoms with van der Waals surface area (Å²) < 4.78 is 10.1. The molecule has 0 saturated heterocycles. The molecule has 0 N–H and O–H groups in total. The Morgan fingerprint density at radius 3 is 2.13 bits per heavy atom. The second kappa shape index (κ2) is 8.26. The van der Waals surface area contributed by atoms with Gasteiger partial charge in [0, 0.05) is 22.0 Å². The van der Waals surface area contributed by atoms with Gasteiger partial charge in [0.15, 0.2) is 5.82 Å². The lowest BCUT2D eigenvalue weighted by Crippen LogP contribution is -2.16. The Labute approximate surface area is 222 Å². The van der Waals surface area contributed by atoms with Crippen molar-refractivity contribution in [2.75, 3.05) is 0 Å². The highest BCUT2D eigenvalue weighted by atomic mass is 16.3. The third kappa shape index (κ3) is 3.25. The van der Waals surface area contributed by atoms with Crippen LogP contribution in [0.25, 0.3) is 67.0 Å². The molecule has 0 radical (unpaired) electrons. The summed E-state index contributed by atoms with van der Waals surface area (Å²) >= 11 is 0. The molecule has 0 spiro atoms. The third-order valence-electron chi connectivity index (χ3n) is 7.24. The van der Waals surface area contributed by atoms with Crippen LogP contribution < -0.4 is 5.69 Å². The molecule has 0 atom stereocenters. The number of furan rings is 1. The zero-order valence-corrected chi connectivity index (χ0v) is 20.7. The quantitative estimate of drug-likeness (QED) is 0.254. The van der Waals surface area contributed by atoms with Gasteiger partial charge in [0.25, 0.3) is 0 Å². The molecule has 6 heteroatoms. The largest absolute Gasteiger partial charge is 0.456 e. The summed E-state index contributed by atoms with van der Waals surface area (Å²) in [6.07, 6.45) is 0. The lowest BCUT2D eigenvalue weighted by Gasteiger charge is -2.08. The predicted molar refractivity (Wildman–Crippen MR) is 154 cm³/mol. The Bertz CT molecular complexity index is 2240. The molecule has 0 fully saturated rings. The minimum atomic E-state index is -0.524. The Hall–Kier alpha value is -5.49. The van der Waals surface area contributed by atoms with Gasteiger partial charge in [0.2, 0.25) is 5.78 Å². The number of imidazole rings is 1. The number of para-hydroxylation sites is 4. The molecule has 5 aromatic carbocycles. The Balaban J connectivity index is 1.35. The fourth-order valence-electron chi connectivity index (χ4n) is 5.56. The molecule has 0 aliphatic carbocycles. The lowest BCUT2D eigenvalue weighted by atomic mass is 9.98. The minimum absolute atomic E-state index is 0.524. The molecule has 8 aromatic rings. The van der Waals surface area contributed by atoms with Gasteiger partial charge in [-0.1, -0.05) is 84.9 Å². The van der Waals surface area contributed by atoms with Gasteiger partial charge < -0.3 is 4.42 Å². The zero-order chi connectivity index (χ0) is 25.9. The van der Waals surface area contributed by atoms with Crippen LogP contribution in [0.2, 0.25) is 0 Å². The Morgan fingerprint density at radius 1 is 0.590 bits per heavy atom. The van der Waals surface area contributed by atoms with Gasteiger partial charge in [-0.2, -0.15) is 9.97 Å². The second-order valence-corrected chi connectivity index (χ2v) is 9.48. The summed E-state index contributed by atoms with van der Waals surface area (Å²) in [6, 6.07) is 40.4. The number of fused-ring (bicyclic) bond motifs is 6. The molecular formula is C33H20N4O2. The van der Waals surface area contributed by atoms with Crippen molar-refractivity contribution in [1.82, 2.24) is 18.9 Å². The van der Waals surface area contributed by atoms with Crippen LogP contribution in [-0.2, 0) is 0 Å². The summed E-state index contributed by atoms with van der Waals surface area (Å²) in [4.78, 5) is 21.5. The molecule has 0 aliphatic heterocycles. The molecular weight excluding hydrogens is 484 g/mol. The Kier molecular flexibility index (Phi) is 4.57. The molecule has 6 nitrogen and oxygen atoms in total. The van der Waals surface area contributed by atoms with Crippen LogP contribution in [0.15, 0.2) is 131 Å². The monoisotopic (exact) mass is 504 g/mol. The maximum Gasteiger partial charge on any atom is 0.372 e. The first-order valence-corrected chi connectivity index (χ1v) is 12.7. The molecule has 39 heavy (non-hydrogen) atoms. The van der Waals surface area contributed by atoms with Gasteiger partial charge >= 0.3 is 5.69 Å². The maximum absolute atomic E-state index is 12.8. The number of nitrogens with zero attached hydrogens (tertiary/aromatic N) is 4. The van der Waals surface area contributed by atoms with Crippen LogP contribution in [0.4, 0.5) is 0 Å². The smallest absolute Gasteiger partial charge is 0.372 e. The van der Waals surface area contributed by atoms with E-state index >= 15 is 0 Å². The van der Waals surface area contributed by atoms with E-state index in [1.165, 1.54) is 0 Å². The molecule has 184 valence electrons. The third-order valence-corrected chi connectivity index (χ3v) is 7.24. The van der Waals surface area contributed by atoms with E-state index in [1.807, 2.05) is 106 Å². The molecule has 3 aromatic heterocycles. The van der Waals surface area contributed by atoms with Crippen molar-refractivity contribution in [3.63, 3.8) is 0 Å². The van der Waals surface area contributed by atoms with Gasteiger partial charge in [-0.25, -0.2) is 4.79 Å². The van der Waals surface area contributed by atoms with Gasteiger partial charge in [-0.05, 0) is 47.5 Å². The van der Waals surface area contributed by atoms with Crippen molar-refractivity contribution in [1.29, 1.82) is 0 Å². The van der Waals surface area contributed by atoms with Crippen LogP contribution in [0.3, 0.4) is 0 Å². The highest BCUT2D eigenvalue weighted by molar-refractivity contribution is 6.12. The standard InChI is InChI=1S/C33H20N4O2/c38-32-34-31(37-27-14-6-5-13-26(27)36(33(37)35-32)23-9-2-1-3-10-23)22-19-17-21(18-20-22)24-12-8-16-29-30(24)25-11-4-7-15-28(25)39-29/h1-20H. The first kappa shape index (κ1) is 21.6. The average Bonchev–Trinajstić information content (AvgIpc) is 3.53. The zero-order valence-electron chi connectivity index (χ0n) is 20.7. The SMILES string of the molecule is O=c1nc(-c2ccc(-c3cccc4oc5ccccc5c34)cc2)n2c3ccccc3n(-c3ccccc3)c2n1. The van der Waals surface area contributed by atoms with E-state index in [0.717, 1.165) is 55.3 Å². The molecule has 0 aliphatic rings. The Morgan fingerprint density at radius 2 is 1.28 bits per heavy atom. The van der Waals surface area contributed by atoms with E-state index < -0.39 is 5.69 Å². The van der Waals surface area contributed by atoms with E-state index in [-0.39, 0.29) is 0 Å². The summed E-state index contributed by atoms with van der Waals surface area (Å²) in [5.41, 5.74) is 6.97. The van der Waals surface area contributed by atoms with E-state index in [9.17, 15) is 4.79 Å². The number of hydrogen-bond acceptors (Lipinski definition) is 4. The molecule has 3 heterocycles. The second-order valence-electron chi connectivity index (χ2n) is 9.48.